The van der Waals surface area contributed by atoms with Crippen LogP contribution in [0.1, 0.15) is 49.2 Å². The molecule has 6 heteroatoms. The summed E-state index contributed by atoms with van der Waals surface area (Å²) in [6.07, 6.45) is 0. The Morgan fingerprint density at radius 3 is 2.32 bits per heavy atom. The van der Waals surface area contributed by atoms with E-state index in [9.17, 15) is 4.79 Å². The zero-order chi connectivity index (χ0) is 22.9. The van der Waals surface area contributed by atoms with Crippen LogP contribution in [-0.2, 0) is 12.0 Å². The fourth-order valence-electron chi connectivity index (χ4n) is 3.07. The molecule has 0 spiro atoms. The molecular weight excluding hydrogens is 388 g/mol. The van der Waals surface area contributed by atoms with Crippen LogP contribution < -0.4 is 15.4 Å². The van der Waals surface area contributed by atoms with Gasteiger partial charge < -0.3 is 20.3 Å². The number of aliphatic imine (C=N–C) groups is 1. The Morgan fingerprint density at radius 1 is 1.03 bits per heavy atom. The molecule has 0 bridgehead atoms. The van der Waals surface area contributed by atoms with E-state index >= 15 is 0 Å². The molecule has 31 heavy (non-hydrogen) atoms. The number of hydrogen-bond acceptors (Lipinski definition) is 3. The Balaban J connectivity index is 1.90. The summed E-state index contributed by atoms with van der Waals surface area (Å²) in [7, 11) is 3.50. The molecule has 168 valence electrons. The maximum Gasteiger partial charge on any atom is 0.253 e. The van der Waals surface area contributed by atoms with Crippen molar-refractivity contribution in [3.05, 3.63) is 65.2 Å². The van der Waals surface area contributed by atoms with Crippen LogP contribution in [0.2, 0.25) is 0 Å². The number of amides is 1. The van der Waals surface area contributed by atoms with Crippen LogP contribution in [0.15, 0.2) is 53.5 Å². The number of carbonyl (C=O) groups is 1. The number of rotatable bonds is 8. The number of ether oxygens (including phenoxy) is 1. The standard InChI is InChI=1S/C25H36N4O2/c1-7-26-24(28-18-19-12-14-20(15-13-19)23(30)29(5)6)27-16-17-31-22-11-9-8-10-21(22)25(2,3)4/h8-15H,7,16-18H2,1-6H3,(H2,26,27,28). The molecule has 1 amide bonds. The van der Waals surface area contributed by atoms with Gasteiger partial charge in [-0.1, -0.05) is 51.1 Å². The third-order valence-electron chi connectivity index (χ3n) is 4.72. The lowest BCUT2D eigenvalue weighted by Gasteiger charge is -2.22. The Morgan fingerprint density at radius 2 is 1.71 bits per heavy atom. The molecule has 2 aromatic carbocycles. The minimum atomic E-state index is -0.00177. The van der Waals surface area contributed by atoms with Crippen molar-refractivity contribution in [1.29, 1.82) is 0 Å². The highest BCUT2D eigenvalue weighted by molar-refractivity contribution is 5.93. The molecule has 2 rings (SSSR count). The first-order valence-corrected chi connectivity index (χ1v) is 10.8. The molecule has 6 nitrogen and oxygen atoms in total. The second-order valence-corrected chi connectivity index (χ2v) is 8.61. The molecule has 0 heterocycles. The predicted octanol–water partition coefficient (Wildman–Crippen LogP) is 3.82. The number of hydrogen-bond donors (Lipinski definition) is 2. The van der Waals surface area contributed by atoms with Gasteiger partial charge in [0, 0.05) is 26.2 Å². The van der Waals surface area contributed by atoms with E-state index in [1.807, 2.05) is 49.4 Å². The largest absolute Gasteiger partial charge is 0.491 e. The minimum absolute atomic E-state index is 0.00177. The Hall–Kier alpha value is -3.02. The normalized spacial score (nSPS) is 11.7. The lowest BCUT2D eigenvalue weighted by Crippen LogP contribution is -2.39. The summed E-state index contributed by atoms with van der Waals surface area (Å²) in [6.45, 7) is 11.1. The molecule has 0 unspecified atom stereocenters. The van der Waals surface area contributed by atoms with Crippen LogP contribution in [0.3, 0.4) is 0 Å². The summed E-state index contributed by atoms with van der Waals surface area (Å²) >= 11 is 0. The van der Waals surface area contributed by atoms with Crippen LogP contribution in [0.4, 0.5) is 0 Å². The summed E-state index contributed by atoms with van der Waals surface area (Å²) < 4.78 is 6.03. The minimum Gasteiger partial charge on any atom is -0.491 e. The molecule has 0 aromatic heterocycles. The highest BCUT2D eigenvalue weighted by Gasteiger charge is 2.18. The SMILES string of the molecule is CCNC(=NCc1ccc(C(=O)N(C)C)cc1)NCCOc1ccccc1C(C)(C)C. The number of carbonyl (C=O) groups excluding carboxylic acids is 1. The molecule has 0 saturated heterocycles. The summed E-state index contributed by atoms with van der Waals surface area (Å²) in [5, 5.41) is 6.57. The Labute approximate surface area is 186 Å². The molecule has 0 aliphatic rings. The average Bonchev–Trinajstić information content (AvgIpc) is 2.74. The molecule has 0 fully saturated rings. The van der Waals surface area contributed by atoms with Crippen molar-refractivity contribution >= 4 is 11.9 Å². The summed E-state index contributed by atoms with van der Waals surface area (Å²) in [4.78, 5) is 18.2. The van der Waals surface area contributed by atoms with Crippen LogP contribution in [0.25, 0.3) is 0 Å². The summed E-state index contributed by atoms with van der Waals surface area (Å²) in [6, 6.07) is 15.7. The van der Waals surface area contributed by atoms with Crippen LogP contribution in [0.5, 0.6) is 5.75 Å². The van der Waals surface area contributed by atoms with E-state index in [4.69, 9.17) is 4.74 Å². The topological polar surface area (TPSA) is 66.0 Å². The van der Waals surface area contributed by atoms with E-state index in [1.54, 1.807) is 19.0 Å². The van der Waals surface area contributed by atoms with Crippen molar-refractivity contribution in [3.63, 3.8) is 0 Å². The zero-order valence-corrected chi connectivity index (χ0v) is 19.7. The molecule has 0 aliphatic heterocycles. The first kappa shape index (κ1) is 24.3. The molecule has 0 saturated carbocycles. The number of para-hydroxylation sites is 1. The number of nitrogens with one attached hydrogen (secondary N) is 2. The quantitative estimate of drug-likeness (QED) is 0.384. The van der Waals surface area contributed by atoms with Crippen molar-refractivity contribution < 1.29 is 9.53 Å². The van der Waals surface area contributed by atoms with E-state index in [0.717, 1.165) is 23.8 Å². The van der Waals surface area contributed by atoms with Crippen LogP contribution in [-0.4, -0.2) is 50.6 Å². The van der Waals surface area contributed by atoms with Gasteiger partial charge in [-0.3, -0.25) is 4.79 Å². The van der Waals surface area contributed by atoms with Crippen molar-refractivity contribution in [2.45, 2.75) is 39.7 Å². The van der Waals surface area contributed by atoms with Gasteiger partial charge in [0.15, 0.2) is 5.96 Å². The summed E-state index contributed by atoms with van der Waals surface area (Å²) in [5.41, 5.74) is 2.96. The highest BCUT2D eigenvalue weighted by Crippen LogP contribution is 2.30. The first-order chi connectivity index (χ1) is 14.7. The van der Waals surface area contributed by atoms with Crippen molar-refractivity contribution in [2.75, 3.05) is 33.8 Å². The van der Waals surface area contributed by atoms with E-state index in [0.29, 0.717) is 25.3 Å². The molecular formula is C25H36N4O2. The maximum atomic E-state index is 12.0. The van der Waals surface area contributed by atoms with Gasteiger partial charge in [-0.15, -0.1) is 0 Å². The predicted molar refractivity (Wildman–Crippen MR) is 128 cm³/mol. The van der Waals surface area contributed by atoms with Gasteiger partial charge in [-0.05, 0) is 41.7 Å². The van der Waals surface area contributed by atoms with Gasteiger partial charge in [0.25, 0.3) is 5.91 Å². The van der Waals surface area contributed by atoms with Crippen molar-refractivity contribution in [3.8, 4) is 5.75 Å². The van der Waals surface area contributed by atoms with Crippen LogP contribution in [0, 0.1) is 0 Å². The van der Waals surface area contributed by atoms with Gasteiger partial charge in [0.1, 0.15) is 12.4 Å². The lowest BCUT2D eigenvalue weighted by molar-refractivity contribution is 0.0827. The molecule has 0 radical (unpaired) electrons. The van der Waals surface area contributed by atoms with E-state index in [-0.39, 0.29) is 11.3 Å². The maximum absolute atomic E-state index is 12.0. The van der Waals surface area contributed by atoms with E-state index in [1.165, 1.54) is 5.56 Å². The second kappa shape index (κ2) is 11.4. The van der Waals surface area contributed by atoms with Crippen LogP contribution >= 0.6 is 0 Å². The Bertz CT molecular complexity index is 868. The van der Waals surface area contributed by atoms with Crippen molar-refractivity contribution in [1.82, 2.24) is 15.5 Å². The summed E-state index contributed by atoms with van der Waals surface area (Å²) in [5.74, 6) is 1.66. The molecule has 0 aliphatic carbocycles. The number of guanidine groups is 1. The second-order valence-electron chi connectivity index (χ2n) is 8.61. The van der Waals surface area contributed by atoms with Gasteiger partial charge in [0.2, 0.25) is 0 Å². The highest BCUT2D eigenvalue weighted by atomic mass is 16.5. The van der Waals surface area contributed by atoms with Crippen molar-refractivity contribution in [2.24, 2.45) is 4.99 Å². The number of benzene rings is 2. The average molecular weight is 425 g/mol. The molecule has 2 aromatic rings. The fourth-order valence-corrected chi connectivity index (χ4v) is 3.07. The van der Waals surface area contributed by atoms with Gasteiger partial charge in [0.05, 0.1) is 13.1 Å². The monoisotopic (exact) mass is 424 g/mol. The first-order valence-electron chi connectivity index (χ1n) is 10.8. The zero-order valence-electron chi connectivity index (χ0n) is 19.7. The smallest absolute Gasteiger partial charge is 0.253 e. The lowest BCUT2D eigenvalue weighted by atomic mass is 9.86. The van der Waals surface area contributed by atoms with E-state index < -0.39 is 0 Å². The molecule has 0 atom stereocenters. The number of nitrogens with zero attached hydrogens (tertiary/aromatic N) is 2. The molecule has 2 N–H and O–H groups in total. The third kappa shape index (κ3) is 7.63. The fraction of sp³-hybridized carbons (Fsp3) is 0.440. The van der Waals surface area contributed by atoms with Gasteiger partial charge >= 0.3 is 0 Å². The van der Waals surface area contributed by atoms with Gasteiger partial charge in [-0.25, -0.2) is 4.99 Å². The Kier molecular flexibility index (Phi) is 8.91. The third-order valence-corrected chi connectivity index (χ3v) is 4.72. The van der Waals surface area contributed by atoms with Gasteiger partial charge in [-0.2, -0.15) is 0 Å². The van der Waals surface area contributed by atoms with E-state index in [2.05, 4.69) is 42.5 Å².